The molecule has 0 amide bonds. The molecule has 3 heteroatoms. The number of nitrogens with zero attached hydrogens (tertiary/aromatic N) is 1. The van der Waals surface area contributed by atoms with Crippen LogP contribution in [-0.2, 0) is 0 Å². The Morgan fingerprint density at radius 2 is 1.72 bits per heavy atom. The fourth-order valence-electron chi connectivity index (χ4n) is 1.78. The van der Waals surface area contributed by atoms with Gasteiger partial charge < -0.3 is 10.2 Å². The first-order valence-corrected chi connectivity index (χ1v) is 5.68. The number of rotatable bonds is 2. The lowest BCUT2D eigenvalue weighted by Crippen LogP contribution is -1.98. The van der Waals surface area contributed by atoms with E-state index in [0.29, 0.717) is 16.8 Å². The van der Waals surface area contributed by atoms with Crippen LogP contribution in [0, 0.1) is 13.8 Å². The molecule has 18 heavy (non-hydrogen) atoms. The third kappa shape index (κ3) is 2.51. The summed E-state index contributed by atoms with van der Waals surface area (Å²) in [5.41, 5.74) is 2.77. The van der Waals surface area contributed by atoms with Crippen LogP contribution in [0.2, 0.25) is 0 Å². The monoisotopic (exact) mass is 240 g/mol. The highest BCUT2D eigenvalue weighted by Crippen LogP contribution is 2.25. The third-order valence-electron chi connectivity index (χ3n) is 2.72. The Bertz CT molecular complexity index is 580. The SMILES string of the molecule is Cc1cc(C=Nc2ccccc2O)cc(C)c1[O-]. The van der Waals surface area contributed by atoms with Gasteiger partial charge in [-0.2, -0.15) is 0 Å². The number of phenols is 1. The lowest BCUT2D eigenvalue weighted by Gasteiger charge is -2.14. The number of aromatic hydroxyl groups is 1. The molecule has 0 unspecified atom stereocenters. The number of benzene rings is 2. The van der Waals surface area contributed by atoms with Gasteiger partial charge in [-0.3, -0.25) is 4.99 Å². The van der Waals surface area contributed by atoms with Crippen LogP contribution in [0.5, 0.6) is 11.5 Å². The average Bonchev–Trinajstić information content (AvgIpc) is 2.35. The van der Waals surface area contributed by atoms with Crippen molar-refractivity contribution in [2.75, 3.05) is 0 Å². The molecule has 0 spiro atoms. The molecule has 0 atom stereocenters. The maximum Gasteiger partial charge on any atom is 0.141 e. The molecular weight excluding hydrogens is 226 g/mol. The zero-order chi connectivity index (χ0) is 13.1. The zero-order valence-corrected chi connectivity index (χ0v) is 10.3. The molecule has 0 saturated heterocycles. The summed E-state index contributed by atoms with van der Waals surface area (Å²) in [6.45, 7) is 3.57. The number of hydrogen-bond donors (Lipinski definition) is 1. The molecule has 0 fully saturated rings. The third-order valence-corrected chi connectivity index (χ3v) is 2.72. The predicted molar refractivity (Wildman–Crippen MR) is 70.7 cm³/mol. The molecule has 3 nitrogen and oxygen atoms in total. The van der Waals surface area contributed by atoms with Crippen molar-refractivity contribution in [1.82, 2.24) is 0 Å². The fourth-order valence-corrected chi connectivity index (χ4v) is 1.78. The van der Waals surface area contributed by atoms with Crippen molar-refractivity contribution >= 4 is 11.9 Å². The van der Waals surface area contributed by atoms with Crippen molar-refractivity contribution in [2.45, 2.75) is 13.8 Å². The highest BCUT2D eigenvalue weighted by molar-refractivity contribution is 5.83. The van der Waals surface area contributed by atoms with Crippen LogP contribution >= 0.6 is 0 Å². The Kier molecular flexibility index (Phi) is 3.33. The van der Waals surface area contributed by atoms with Gasteiger partial charge in [-0.1, -0.05) is 35.4 Å². The number of aliphatic imine (C=N–C) groups is 1. The average molecular weight is 240 g/mol. The Morgan fingerprint density at radius 1 is 1.11 bits per heavy atom. The van der Waals surface area contributed by atoms with Gasteiger partial charge in [0.2, 0.25) is 0 Å². The molecule has 0 saturated carbocycles. The second-order valence-corrected chi connectivity index (χ2v) is 4.23. The van der Waals surface area contributed by atoms with Gasteiger partial charge in [-0.15, -0.1) is 5.75 Å². The predicted octanol–water partition coefficient (Wildman–Crippen LogP) is 2.83. The van der Waals surface area contributed by atoms with Gasteiger partial charge in [0.25, 0.3) is 0 Å². The van der Waals surface area contributed by atoms with Crippen molar-refractivity contribution in [3.8, 4) is 11.5 Å². The minimum absolute atomic E-state index is 0.0645. The first-order chi connectivity index (χ1) is 8.58. The molecule has 2 rings (SSSR count). The van der Waals surface area contributed by atoms with E-state index in [2.05, 4.69) is 4.99 Å². The molecule has 0 bridgehead atoms. The smallest absolute Gasteiger partial charge is 0.141 e. The van der Waals surface area contributed by atoms with Crippen LogP contribution in [0.3, 0.4) is 0 Å². The van der Waals surface area contributed by atoms with Crippen LogP contribution in [0.1, 0.15) is 16.7 Å². The largest absolute Gasteiger partial charge is 0.872 e. The molecule has 92 valence electrons. The second kappa shape index (κ2) is 4.92. The van der Waals surface area contributed by atoms with Crippen LogP contribution in [0.15, 0.2) is 41.4 Å². The van der Waals surface area contributed by atoms with Crippen LogP contribution in [0.25, 0.3) is 0 Å². The molecule has 2 aromatic rings. The number of aryl methyl sites for hydroxylation is 2. The molecule has 0 radical (unpaired) electrons. The summed E-state index contributed by atoms with van der Waals surface area (Å²) in [4.78, 5) is 4.21. The van der Waals surface area contributed by atoms with E-state index >= 15 is 0 Å². The van der Waals surface area contributed by atoms with Gasteiger partial charge in [0.1, 0.15) is 11.4 Å². The maximum absolute atomic E-state index is 11.6. The fraction of sp³-hybridized carbons (Fsp3) is 0.133. The zero-order valence-electron chi connectivity index (χ0n) is 10.3. The summed E-state index contributed by atoms with van der Waals surface area (Å²) in [5.74, 6) is 0.206. The van der Waals surface area contributed by atoms with Crippen molar-refractivity contribution in [1.29, 1.82) is 0 Å². The highest BCUT2D eigenvalue weighted by Gasteiger charge is 1.98. The summed E-state index contributed by atoms with van der Waals surface area (Å²) in [5, 5.41) is 21.1. The first kappa shape index (κ1) is 12.2. The molecular formula is C15H14NO2-. The van der Waals surface area contributed by atoms with E-state index in [0.717, 1.165) is 5.56 Å². The Balaban J connectivity index is 2.33. The lowest BCUT2D eigenvalue weighted by molar-refractivity contribution is -0.270. The van der Waals surface area contributed by atoms with E-state index in [1.54, 1.807) is 50.4 Å². The maximum atomic E-state index is 11.6. The molecule has 0 aliphatic rings. The molecule has 0 aliphatic heterocycles. The minimum Gasteiger partial charge on any atom is -0.872 e. The summed E-state index contributed by atoms with van der Waals surface area (Å²) < 4.78 is 0. The van der Waals surface area contributed by atoms with Gasteiger partial charge in [-0.05, 0) is 31.5 Å². The molecule has 2 aromatic carbocycles. The second-order valence-electron chi connectivity index (χ2n) is 4.23. The summed E-state index contributed by atoms with van der Waals surface area (Å²) >= 11 is 0. The number of phenolic OH excluding ortho intramolecular Hbond substituents is 1. The Hall–Kier alpha value is -2.29. The normalized spacial score (nSPS) is 11.0. The van der Waals surface area contributed by atoms with Crippen molar-refractivity contribution in [3.63, 3.8) is 0 Å². The highest BCUT2D eigenvalue weighted by atomic mass is 16.3. The molecule has 1 N–H and O–H groups in total. The standard InChI is InChI=1S/C15H15NO2/c1-10-7-12(8-11(2)15(10)18)9-16-13-5-3-4-6-14(13)17/h3-9,17-18H,1-2H3/p-1. The van der Waals surface area contributed by atoms with Gasteiger partial charge in [0, 0.05) is 6.21 Å². The van der Waals surface area contributed by atoms with Crippen molar-refractivity contribution in [3.05, 3.63) is 53.1 Å². The Labute approximate surface area is 106 Å². The van der Waals surface area contributed by atoms with E-state index in [4.69, 9.17) is 0 Å². The summed E-state index contributed by atoms with van der Waals surface area (Å²) in [6.07, 6.45) is 1.65. The van der Waals surface area contributed by atoms with Gasteiger partial charge in [0.15, 0.2) is 0 Å². The van der Waals surface area contributed by atoms with Crippen molar-refractivity contribution in [2.24, 2.45) is 4.99 Å². The molecule has 0 heterocycles. The van der Waals surface area contributed by atoms with Crippen LogP contribution < -0.4 is 5.11 Å². The van der Waals surface area contributed by atoms with Crippen LogP contribution in [0.4, 0.5) is 5.69 Å². The number of hydrogen-bond acceptors (Lipinski definition) is 3. The quantitative estimate of drug-likeness (QED) is 0.820. The van der Waals surface area contributed by atoms with E-state index in [1.807, 2.05) is 6.07 Å². The topological polar surface area (TPSA) is 55.7 Å². The van der Waals surface area contributed by atoms with E-state index in [1.165, 1.54) is 0 Å². The van der Waals surface area contributed by atoms with Gasteiger partial charge in [0.05, 0.1) is 0 Å². The Morgan fingerprint density at radius 3 is 2.33 bits per heavy atom. The van der Waals surface area contributed by atoms with E-state index in [9.17, 15) is 10.2 Å². The van der Waals surface area contributed by atoms with Crippen LogP contribution in [-0.4, -0.2) is 11.3 Å². The first-order valence-electron chi connectivity index (χ1n) is 5.68. The summed E-state index contributed by atoms with van der Waals surface area (Å²) in [6, 6.07) is 10.5. The summed E-state index contributed by atoms with van der Waals surface area (Å²) in [7, 11) is 0. The van der Waals surface area contributed by atoms with E-state index < -0.39 is 0 Å². The number of para-hydroxylation sites is 2. The van der Waals surface area contributed by atoms with Crippen molar-refractivity contribution < 1.29 is 10.2 Å². The van der Waals surface area contributed by atoms with Gasteiger partial charge in [-0.25, -0.2) is 0 Å². The van der Waals surface area contributed by atoms with E-state index in [-0.39, 0.29) is 11.5 Å². The molecule has 0 aliphatic carbocycles. The van der Waals surface area contributed by atoms with Gasteiger partial charge >= 0.3 is 0 Å². The molecule has 0 aromatic heterocycles. The minimum atomic E-state index is 0.0645. The lowest BCUT2D eigenvalue weighted by atomic mass is 10.1.